The van der Waals surface area contributed by atoms with E-state index in [-0.39, 0.29) is 17.3 Å². The Morgan fingerprint density at radius 2 is 1.75 bits per heavy atom. The van der Waals surface area contributed by atoms with Crippen LogP contribution in [0.25, 0.3) is 0 Å². The molecule has 0 bridgehead atoms. The summed E-state index contributed by atoms with van der Waals surface area (Å²) in [5.74, 6) is -2.05. The highest BCUT2D eigenvalue weighted by Crippen LogP contribution is 2.20. The molecule has 0 atom stereocenters. The van der Waals surface area contributed by atoms with Crippen molar-refractivity contribution in [1.29, 1.82) is 0 Å². The first-order chi connectivity index (χ1) is 7.45. The van der Waals surface area contributed by atoms with Crippen molar-refractivity contribution in [1.82, 2.24) is 5.32 Å². The highest BCUT2D eigenvalue weighted by molar-refractivity contribution is 5.94. The van der Waals surface area contributed by atoms with Crippen LogP contribution in [0, 0.1) is 11.6 Å². The third-order valence-corrected chi connectivity index (χ3v) is 1.97. The first-order valence-corrected chi connectivity index (χ1v) is 4.93. The van der Waals surface area contributed by atoms with Crippen LogP contribution in [0.3, 0.4) is 0 Å². The van der Waals surface area contributed by atoms with Crippen molar-refractivity contribution in [3.05, 3.63) is 29.3 Å². The highest BCUT2D eigenvalue weighted by Gasteiger charge is 2.14. The zero-order valence-corrected chi connectivity index (χ0v) is 9.40. The quantitative estimate of drug-likeness (QED) is 0.832. The third kappa shape index (κ3) is 2.68. The van der Waals surface area contributed by atoms with E-state index in [1.807, 2.05) is 0 Å². The molecule has 1 rings (SSSR count). The second kappa shape index (κ2) is 4.92. The Morgan fingerprint density at radius 1 is 1.25 bits per heavy atom. The van der Waals surface area contributed by atoms with Crippen molar-refractivity contribution in [3.63, 3.8) is 0 Å². The van der Waals surface area contributed by atoms with E-state index in [4.69, 9.17) is 0 Å². The Morgan fingerprint density at radius 3 is 2.12 bits per heavy atom. The predicted octanol–water partition coefficient (Wildman–Crippen LogP) is 2.14. The number of halogens is 2. The number of anilines is 1. The molecule has 0 spiro atoms. The van der Waals surface area contributed by atoms with Crippen molar-refractivity contribution in [2.75, 3.05) is 12.4 Å². The van der Waals surface area contributed by atoms with Gasteiger partial charge in [-0.1, -0.05) is 0 Å². The van der Waals surface area contributed by atoms with Crippen molar-refractivity contribution in [2.24, 2.45) is 0 Å². The zero-order chi connectivity index (χ0) is 12.3. The number of carbonyl (C=O) groups excluding carboxylic acids is 1. The van der Waals surface area contributed by atoms with Gasteiger partial charge in [-0.15, -0.1) is 0 Å². The van der Waals surface area contributed by atoms with E-state index in [9.17, 15) is 13.6 Å². The van der Waals surface area contributed by atoms with Gasteiger partial charge < -0.3 is 10.6 Å². The van der Waals surface area contributed by atoms with E-state index in [1.165, 1.54) is 7.05 Å². The minimum Gasteiger partial charge on any atom is -0.383 e. The van der Waals surface area contributed by atoms with Crippen LogP contribution in [0.15, 0.2) is 12.1 Å². The molecular weight excluding hydrogens is 214 g/mol. The van der Waals surface area contributed by atoms with Crippen LogP contribution >= 0.6 is 0 Å². The average Bonchev–Trinajstić information content (AvgIpc) is 2.16. The Bertz CT molecular complexity index is 382. The van der Waals surface area contributed by atoms with Crippen molar-refractivity contribution >= 4 is 11.6 Å². The molecule has 0 heterocycles. The molecule has 0 saturated heterocycles. The molecule has 5 heteroatoms. The molecule has 16 heavy (non-hydrogen) atoms. The predicted molar refractivity (Wildman–Crippen MR) is 58.5 cm³/mol. The smallest absolute Gasteiger partial charge is 0.251 e. The summed E-state index contributed by atoms with van der Waals surface area (Å²) in [5.41, 5.74) is -0.260. The van der Waals surface area contributed by atoms with Gasteiger partial charge in [0.2, 0.25) is 0 Å². The first-order valence-electron chi connectivity index (χ1n) is 4.93. The molecule has 0 aliphatic carbocycles. The summed E-state index contributed by atoms with van der Waals surface area (Å²) in [7, 11) is 1.41. The van der Waals surface area contributed by atoms with Gasteiger partial charge in [-0.3, -0.25) is 4.79 Å². The summed E-state index contributed by atoms with van der Waals surface area (Å²) < 4.78 is 26.7. The van der Waals surface area contributed by atoms with Crippen molar-refractivity contribution < 1.29 is 13.6 Å². The van der Waals surface area contributed by atoms with Gasteiger partial charge in [0.25, 0.3) is 5.91 Å². The zero-order valence-electron chi connectivity index (χ0n) is 9.40. The summed E-state index contributed by atoms with van der Waals surface area (Å²) in [4.78, 5) is 11.5. The standard InChI is InChI=1S/C11H14F2N2O/c1-6(2)15-11(16)7-4-8(12)10(14-3)9(13)5-7/h4-6,14H,1-3H3,(H,15,16). The number of amides is 1. The average molecular weight is 228 g/mol. The molecule has 1 aromatic rings. The Kier molecular flexibility index (Phi) is 3.82. The Balaban J connectivity index is 3.04. The maximum atomic E-state index is 13.3. The van der Waals surface area contributed by atoms with Gasteiger partial charge in [0.05, 0.1) is 0 Å². The topological polar surface area (TPSA) is 41.1 Å². The van der Waals surface area contributed by atoms with Crippen LogP contribution in [-0.4, -0.2) is 19.0 Å². The van der Waals surface area contributed by atoms with Crippen LogP contribution in [0.5, 0.6) is 0 Å². The lowest BCUT2D eigenvalue weighted by Crippen LogP contribution is -2.30. The normalized spacial score (nSPS) is 10.4. The van der Waals surface area contributed by atoms with Gasteiger partial charge in [0, 0.05) is 18.7 Å². The van der Waals surface area contributed by atoms with Crippen LogP contribution in [0.1, 0.15) is 24.2 Å². The second-order valence-corrected chi connectivity index (χ2v) is 3.69. The lowest BCUT2D eigenvalue weighted by atomic mass is 10.1. The van der Waals surface area contributed by atoms with Crippen LogP contribution in [0.2, 0.25) is 0 Å². The molecule has 2 N–H and O–H groups in total. The van der Waals surface area contributed by atoms with Crippen LogP contribution < -0.4 is 10.6 Å². The highest BCUT2D eigenvalue weighted by atomic mass is 19.1. The van der Waals surface area contributed by atoms with Crippen LogP contribution in [-0.2, 0) is 0 Å². The van der Waals surface area contributed by atoms with Gasteiger partial charge >= 0.3 is 0 Å². The molecular formula is C11H14F2N2O. The summed E-state index contributed by atoms with van der Waals surface area (Å²) in [6.07, 6.45) is 0. The van der Waals surface area contributed by atoms with Gasteiger partial charge in [0.1, 0.15) is 17.3 Å². The summed E-state index contributed by atoms with van der Waals surface area (Å²) in [6, 6.07) is 1.93. The molecule has 0 aliphatic rings. The molecule has 0 aliphatic heterocycles. The van der Waals surface area contributed by atoms with Gasteiger partial charge in [-0.2, -0.15) is 0 Å². The maximum absolute atomic E-state index is 13.3. The SMILES string of the molecule is CNc1c(F)cc(C(=O)NC(C)C)cc1F. The lowest BCUT2D eigenvalue weighted by molar-refractivity contribution is 0.0942. The number of nitrogens with one attached hydrogen (secondary N) is 2. The Labute approximate surface area is 92.8 Å². The molecule has 1 amide bonds. The monoisotopic (exact) mass is 228 g/mol. The fourth-order valence-corrected chi connectivity index (χ4v) is 1.29. The molecule has 0 radical (unpaired) electrons. The Hall–Kier alpha value is -1.65. The molecule has 0 aromatic heterocycles. The van der Waals surface area contributed by atoms with Gasteiger partial charge in [-0.05, 0) is 26.0 Å². The summed E-state index contributed by atoms with van der Waals surface area (Å²) in [5, 5.41) is 4.95. The summed E-state index contributed by atoms with van der Waals surface area (Å²) in [6.45, 7) is 3.54. The molecule has 0 unspecified atom stereocenters. The molecule has 0 saturated carbocycles. The van der Waals surface area contributed by atoms with E-state index in [0.717, 1.165) is 12.1 Å². The second-order valence-electron chi connectivity index (χ2n) is 3.69. The minimum absolute atomic E-state index is 0.0253. The van der Waals surface area contributed by atoms with E-state index in [1.54, 1.807) is 13.8 Å². The minimum atomic E-state index is -0.781. The fraction of sp³-hybridized carbons (Fsp3) is 0.364. The maximum Gasteiger partial charge on any atom is 0.251 e. The molecule has 1 aromatic carbocycles. The third-order valence-electron chi connectivity index (χ3n) is 1.97. The number of carbonyl (C=O) groups is 1. The molecule has 0 fully saturated rings. The number of hydrogen-bond acceptors (Lipinski definition) is 2. The largest absolute Gasteiger partial charge is 0.383 e. The van der Waals surface area contributed by atoms with Crippen molar-refractivity contribution in [2.45, 2.75) is 19.9 Å². The van der Waals surface area contributed by atoms with Crippen molar-refractivity contribution in [3.8, 4) is 0 Å². The van der Waals surface area contributed by atoms with E-state index in [2.05, 4.69) is 10.6 Å². The first kappa shape index (κ1) is 12.4. The molecule has 3 nitrogen and oxygen atoms in total. The van der Waals surface area contributed by atoms with Gasteiger partial charge in [-0.25, -0.2) is 8.78 Å². The number of rotatable bonds is 3. The molecule has 88 valence electrons. The lowest BCUT2D eigenvalue weighted by Gasteiger charge is -2.10. The fourth-order valence-electron chi connectivity index (χ4n) is 1.29. The van der Waals surface area contributed by atoms with E-state index in [0.29, 0.717) is 0 Å². The van der Waals surface area contributed by atoms with E-state index >= 15 is 0 Å². The number of benzene rings is 1. The van der Waals surface area contributed by atoms with Gasteiger partial charge in [0.15, 0.2) is 0 Å². The van der Waals surface area contributed by atoms with E-state index < -0.39 is 17.5 Å². The summed E-state index contributed by atoms with van der Waals surface area (Å²) >= 11 is 0. The number of hydrogen-bond donors (Lipinski definition) is 2. The van der Waals surface area contributed by atoms with Crippen LogP contribution in [0.4, 0.5) is 14.5 Å².